The van der Waals surface area contributed by atoms with Crippen LogP contribution in [0, 0.1) is 0 Å². The molecule has 0 heterocycles. The average molecular weight is 291 g/mol. The third-order valence-corrected chi connectivity index (χ3v) is 2.82. The number of alkyl halides is 5. The van der Waals surface area contributed by atoms with Crippen LogP contribution in [-0.2, 0) is 25.4 Å². The summed E-state index contributed by atoms with van der Waals surface area (Å²) in [5.41, 5.74) is 0. The van der Waals surface area contributed by atoms with Gasteiger partial charge in [0.05, 0.1) is 11.4 Å². The Balaban J connectivity index is 5.45. The lowest BCUT2D eigenvalue weighted by Crippen LogP contribution is -2.51. The molecule has 0 fully saturated rings. The van der Waals surface area contributed by atoms with E-state index in [4.69, 9.17) is 0 Å². The lowest BCUT2D eigenvalue weighted by Gasteiger charge is -2.27. The predicted molar refractivity (Wildman–Crippen MR) is 39.6 cm³/mol. The van der Waals surface area contributed by atoms with Crippen LogP contribution in [0.1, 0.15) is 0 Å². The van der Waals surface area contributed by atoms with Gasteiger partial charge in [-0.3, -0.25) is 4.18 Å². The first-order valence-electron chi connectivity index (χ1n) is 3.20. The van der Waals surface area contributed by atoms with Crippen molar-refractivity contribution in [2.75, 3.05) is 6.26 Å². The van der Waals surface area contributed by atoms with Crippen LogP contribution in [0.5, 0.6) is 0 Å². The first-order valence-corrected chi connectivity index (χ1v) is 6.10. The summed E-state index contributed by atoms with van der Waals surface area (Å²) in [5, 5.41) is -5.40. The van der Waals surface area contributed by atoms with Crippen molar-refractivity contribution in [2.24, 2.45) is 0 Å². The predicted octanol–water partition coefficient (Wildman–Crippen LogP) is 0.365. The van der Waals surface area contributed by atoms with Gasteiger partial charge in [-0.05, 0) is 0 Å². The molecule has 0 aliphatic heterocycles. The Morgan fingerprint density at radius 1 is 1.25 bits per heavy atom. The monoisotopic (exact) mass is 291 g/mol. The van der Waals surface area contributed by atoms with Crippen molar-refractivity contribution < 1.29 is 43.3 Å². The standard InChI is InChI=1S/C4H5F5O5S2/c1-16(12,13)4(8,9)2(3(5,6)7)14-15(10)11/h2H,1H3,(H,10,11)/p-1. The summed E-state index contributed by atoms with van der Waals surface area (Å²) in [4.78, 5) is 0. The highest BCUT2D eigenvalue weighted by atomic mass is 32.2. The Labute approximate surface area is 89.0 Å². The van der Waals surface area contributed by atoms with Crippen LogP contribution in [0.2, 0.25) is 0 Å². The van der Waals surface area contributed by atoms with Gasteiger partial charge in [0, 0.05) is 6.26 Å². The Hall–Kier alpha value is -0.330. The fourth-order valence-electron chi connectivity index (χ4n) is 0.574. The number of hydrogen-bond acceptors (Lipinski definition) is 5. The fraction of sp³-hybridized carbons (Fsp3) is 1.00. The van der Waals surface area contributed by atoms with Crippen molar-refractivity contribution in [1.82, 2.24) is 0 Å². The lowest BCUT2D eigenvalue weighted by molar-refractivity contribution is -0.236. The molecule has 0 saturated heterocycles. The largest absolute Gasteiger partial charge is 0.750 e. The van der Waals surface area contributed by atoms with Gasteiger partial charge >= 0.3 is 11.4 Å². The van der Waals surface area contributed by atoms with Crippen molar-refractivity contribution in [3.63, 3.8) is 0 Å². The molecule has 12 heteroatoms. The lowest BCUT2D eigenvalue weighted by atomic mass is 10.3. The molecule has 5 nitrogen and oxygen atoms in total. The summed E-state index contributed by atoms with van der Waals surface area (Å²) >= 11 is -3.94. The van der Waals surface area contributed by atoms with E-state index < -0.39 is 38.7 Å². The van der Waals surface area contributed by atoms with E-state index in [-0.39, 0.29) is 6.26 Å². The maximum atomic E-state index is 12.7. The van der Waals surface area contributed by atoms with Crippen LogP contribution in [0.15, 0.2) is 0 Å². The van der Waals surface area contributed by atoms with Crippen LogP contribution in [-0.4, -0.2) is 41.0 Å². The van der Waals surface area contributed by atoms with E-state index in [1.807, 2.05) is 0 Å². The molecule has 0 aromatic heterocycles. The van der Waals surface area contributed by atoms with E-state index in [9.17, 15) is 39.1 Å². The molecule has 0 radical (unpaired) electrons. The molecule has 0 aromatic carbocycles. The molecule has 0 rings (SSSR count). The molecule has 0 aliphatic rings. The second-order valence-corrected chi connectivity index (χ2v) is 5.25. The molecule has 16 heavy (non-hydrogen) atoms. The molecule has 0 bridgehead atoms. The van der Waals surface area contributed by atoms with Crippen LogP contribution < -0.4 is 0 Å². The highest BCUT2D eigenvalue weighted by Crippen LogP contribution is 2.38. The number of halogens is 5. The van der Waals surface area contributed by atoms with Gasteiger partial charge in [-0.2, -0.15) is 22.0 Å². The Bertz CT molecular complexity index is 373. The summed E-state index contributed by atoms with van der Waals surface area (Å²) in [6, 6.07) is 0. The van der Waals surface area contributed by atoms with Crippen molar-refractivity contribution in [3.05, 3.63) is 0 Å². The summed E-state index contributed by atoms with van der Waals surface area (Å²) in [7, 11) is -5.48. The average Bonchev–Trinajstić information content (AvgIpc) is 1.95. The highest BCUT2D eigenvalue weighted by Gasteiger charge is 2.63. The van der Waals surface area contributed by atoms with Gasteiger partial charge in [0.15, 0.2) is 0 Å². The molecule has 0 spiro atoms. The molecule has 0 aliphatic carbocycles. The van der Waals surface area contributed by atoms with Crippen molar-refractivity contribution in [3.8, 4) is 0 Å². The summed E-state index contributed by atoms with van der Waals surface area (Å²) in [6.07, 6.45) is -10.3. The van der Waals surface area contributed by atoms with Crippen LogP contribution in [0.3, 0.4) is 0 Å². The van der Waals surface area contributed by atoms with Gasteiger partial charge in [0.1, 0.15) is 0 Å². The van der Waals surface area contributed by atoms with Crippen molar-refractivity contribution in [1.29, 1.82) is 0 Å². The first-order chi connectivity index (χ1) is 6.80. The van der Waals surface area contributed by atoms with E-state index in [2.05, 4.69) is 4.18 Å². The topological polar surface area (TPSA) is 83.5 Å². The minimum absolute atomic E-state index is 0.178. The number of rotatable bonds is 4. The minimum atomic E-state index is -5.85. The normalized spacial score (nSPS) is 18.2. The Morgan fingerprint density at radius 2 is 1.62 bits per heavy atom. The molecule has 0 amide bonds. The van der Waals surface area contributed by atoms with Gasteiger partial charge in [-0.25, -0.2) is 12.6 Å². The zero-order chi connectivity index (χ0) is 13.4. The molecule has 0 aromatic rings. The van der Waals surface area contributed by atoms with E-state index >= 15 is 0 Å². The van der Waals surface area contributed by atoms with Gasteiger partial charge in [-0.1, -0.05) is 0 Å². The third kappa shape index (κ3) is 3.61. The van der Waals surface area contributed by atoms with Gasteiger partial charge in [0.2, 0.25) is 15.9 Å². The number of sulfone groups is 1. The van der Waals surface area contributed by atoms with Crippen LogP contribution in [0.4, 0.5) is 22.0 Å². The van der Waals surface area contributed by atoms with E-state index in [1.54, 1.807) is 0 Å². The fourth-order valence-corrected chi connectivity index (χ4v) is 1.59. The Kier molecular flexibility index (Phi) is 4.41. The van der Waals surface area contributed by atoms with E-state index in [0.717, 1.165) is 0 Å². The maximum Gasteiger partial charge on any atom is 0.423 e. The maximum absolute atomic E-state index is 12.7. The SMILES string of the molecule is CS(=O)(=O)C(F)(F)C(OS(=O)[O-])C(F)(F)F. The second kappa shape index (κ2) is 4.50. The number of hydrogen-bond donors (Lipinski definition) is 0. The molecule has 2 unspecified atom stereocenters. The molecule has 98 valence electrons. The molecule has 2 atom stereocenters. The third-order valence-electron chi connectivity index (χ3n) is 1.27. The molecular weight excluding hydrogens is 287 g/mol. The second-order valence-electron chi connectivity index (χ2n) is 2.56. The highest BCUT2D eigenvalue weighted by molar-refractivity contribution is 7.91. The minimum Gasteiger partial charge on any atom is -0.750 e. The van der Waals surface area contributed by atoms with E-state index in [0.29, 0.717) is 0 Å². The quantitative estimate of drug-likeness (QED) is 0.552. The summed E-state index contributed by atoms with van der Waals surface area (Å²) in [5.74, 6) is 0. The zero-order valence-electron chi connectivity index (χ0n) is 7.32. The van der Waals surface area contributed by atoms with Crippen LogP contribution >= 0.6 is 0 Å². The first kappa shape index (κ1) is 15.7. The van der Waals surface area contributed by atoms with Gasteiger partial charge in [0.25, 0.3) is 0 Å². The van der Waals surface area contributed by atoms with Crippen molar-refractivity contribution in [2.45, 2.75) is 17.5 Å². The molecule has 0 saturated carbocycles. The molecular formula is C4H4F5O5S2-. The zero-order valence-corrected chi connectivity index (χ0v) is 8.96. The molecule has 0 N–H and O–H groups in total. The summed E-state index contributed by atoms with van der Waals surface area (Å²) in [6.45, 7) is 0. The van der Waals surface area contributed by atoms with Gasteiger partial charge in [-0.15, -0.1) is 0 Å². The van der Waals surface area contributed by atoms with E-state index in [1.165, 1.54) is 0 Å². The van der Waals surface area contributed by atoms with Crippen molar-refractivity contribution >= 4 is 21.2 Å². The Morgan fingerprint density at radius 3 is 1.81 bits per heavy atom. The van der Waals surface area contributed by atoms with Gasteiger partial charge < -0.3 is 4.55 Å². The summed E-state index contributed by atoms with van der Waals surface area (Å²) < 4.78 is 105. The smallest absolute Gasteiger partial charge is 0.423 e. The van der Waals surface area contributed by atoms with Crippen LogP contribution in [0.25, 0.3) is 0 Å².